The van der Waals surface area contributed by atoms with Gasteiger partial charge in [0.2, 0.25) is 0 Å². The monoisotopic (exact) mass is 242 g/mol. The molecule has 1 aromatic rings. The summed E-state index contributed by atoms with van der Waals surface area (Å²) in [5.74, 6) is 0.602. The fourth-order valence-corrected chi connectivity index (χ4v) is 1.45. The van der Waals surface area contributed by atoms with Gasteiger partial charge in [0, 0.05) is 33.3 Å². The number of aliphatic hydroxyl groups is 1. The third kappa shape index (κ3) is 5.83. The molecule has 0 amide bonds. The van der Waals surface area contributed by atoms with Gasteiger partial charge in [0.1, 0.15) is 11.9 Å². The molecule has 0 aliphatic heterocycles. The van der Waals surface area contributed by atoms with Crippen LogP contribution in [0.2, 0.25) is 0 Å². The zero-order valence-electron chi connectivity index (χ0n) is 10.6. The van der Waals surface area contributed by atoms with Crippen molar-refractivity contribution in [3.05, 3.63) is 24.2 Å². The van der Waals surface area contributed by atoms with E-state index in [9.17, 15) is 5.11 Å². The second-order valence-corrected chi connectivity index (χ2v) is 4.03. The minimum atomic E-state index is -0.575. The van der Waals surface area contributed by atoms with Gasteiger partial charge in [-0.3, -0.25) is 0 Å². The summed E-state index contributed by atoms with van der Waals surface area (Å²) in [5.41, 5.74) is 0. The average Bonchev–Trinajstić information content (AvgIpc) is 2.85. The number of nitrogens with zero attached hydrogens (tertiary/aromatic N) is 1. The van der Waals surface area contributed by atoms with Gasteiger partial charge in [0.05, 0.1) is 12.9 Å². The molecule has 0 aliphatic rings. The van der Waals surface area contributed by atoms with E-state index in [0.29, 0.717) is 12.3 Å². The van der Waals surface area contributed by atoms with E-state index in [4.69, 9.17) is 9.15 Å². The molecule has 0 aliphatic carbocycles. The molecule has 1 heterocycles. The molecule has 1 aromatic heterocycles. The second kappa shape index (κ2) is 8.25. The van der Waals surface area contributed by atoms with E-state index >= 15 is 0 Å². The van der Waals surface area contributed by atoms with Crippen LogP contribution in [0.1, 0.15) is 11.9 Å². The average molecular weight is 242 g/mol. The molecule has 0 fully saturated rings. The summed E-state index contributed by atoms with van der Waals surface area (Å²) in [7, 11) is 3.75. The number of methoxy groups -OCH3 is 1. The van der Waals surface area contributed by atoms with Gasteiger partial charge < -0.3 is 24.5 Å². The Balaban J connectivity index is 2.04. The lowest BCUT2D eigenvalue weighted by Gasteiger charge is -2.16. The fraction of sp³-hybridized carbons (Fsp3) is 0.667. The summed E-state index contributed by atoms with van der Waals surface area (Å²) in [4.78, 5) is 2.18. The Labute approximate surface area is 102 Å². The summed E-state index contributed by atoms with van der Waals surface area (Å²) in [5, 5.41) is 12.9. The number of ether oxygens (including phenoxy) is 1. The fourth-order valence-electron chi connectivity index (χ4n) is 1.45. The summed E-state index contributed by atoms with van der Waals surface area (Å²) < 4.78 is 10.1. The lowest BCUT2D eigenvalue weighted by Crippen LogP contribution is -2.33. The van der Waals surface area contributed by atoms with E-state index in [1.165, 1.54) is 0 Å². The first-order chi connectivity index (χ1) is 8.24. The van der Waals surface area contributed by atoms with Crippen LogP contribution in [0.15, 0.2) is 22.8 Å². The maximum Gasteiger partial charge on any atom is 0.133 e. The van der Waals surface area contributed by atoms with Crippen molar-refractivity contribution < 1.29 is 14.3 Å². The summed E-state index contributed by atoms with van der Waals surface area (Å²) in [6.45, 7) is 3.92. The minimum Gasteiger partial charge on any atom is -0.467 e. The second-order valence-electron chi connectivity index (χ2n) is 4.03. The Morgan fingerprint density at radius 3 is 3.00 bits per heavy atom. The van der Waals surface area contributed by atoms with Crippen molar-refractivity contribution in [2.24, 2.45) is 0 Å². The molecule has 0 radical (unpaired) electrons. The van der Waals surface area contributed by atoms with Crippen molar-refractivity contribution in [3.8, 4) is 0 Å². The third-order valence-corrected chi connectivity index (χ3v) is 2.56. The van der Waals surface area contributed by atoms with Crippen LogP contribution in [0.5, 0.6) is 0 Å². The number of furan rings is 1. The van der Waals surface area contributed by atoms with Crippen molar-refractivity contribution in [2.45, 2.75) is 6.10 Å². The van der Waals surface area contributed by atoms with Gasteiger partial charge in [0.15, 0.2) is 0 Å². The van der Waals surface area contributed by atoms with E-state index in [0.717, 1.165) is 26.2 Å². The van der Waals surface area contributed by atoms with Crippen molar-refractivity contribution in [3.63, 3.8) is 0 Å². The predicted octanol–water partition coefficient (Wildman–Crippen LogP) is 0.481. The summed E-state index contributed by atoms with van der Waals surface area (Å²) >= 11 is 0. The van der Waals surface area contributed by atoms with Crippen molar-refractivity contribution in [2.75, 3.05) is 46.9 Å². The highest BCUT2D eigenvalue weighted by atomic mass is 16.5. The topological polar surface area (TPSA) is 57.9 Å². The van der Waals surface area contributed by atoms with Crippen LogP contribution in [0.25, 0.3) is 0 Å². The number of rotatable bonds is 9. The van der Waals surface area contributed by atoms with Crippen LogP contribution < -0.4 is 5.32 Å². The Hall–Kier alpha value is -0.880. The number of likely N-dealkylation sites (N-methyl/N-ethyl adjacent to an activating group) is 1. The number of aliphatic hydroxyl groups excluding tert-OH is 1. The lowest BCUT2D eigenvalue weighted by atomic mass is 10.3. The van der Waals surface area contributed by atoms with Crippen LogP contribution in [0, 0.1) is 0 Å². The smallest absolute Gasteiger partial charge is 0.133 e. The molecule has 0 bridgehead atoms. The standard InChI is InChI=1S/C12H22N2O3/c1-14(7-9-16-2)6-5-13-10-11(15)12-4-3-8-17-12/h3-4,8,11,13,15H,5-7,9-10H2,1-2H3. The van der Waals surface area contributed by atoms with Gasteiger partial charge in [-0.1, -0.05) is 0 Å². The third-order valence-electron chi connectivity index (χ3n) is 2.56. The van der Waals surface area contributed by atoms with Crippen LogP contribution in [0.4, 0.5) is 0 Å². The van der Waals surface area contributed by atoms with Crippen LogP contribution in [-0.2, 0) is 4.74 Å². The molecular formula is C12H22N2O3. The first-order valence-electron chi connectivity index (χ1n) is 5.83. The van der Waals surface area contributed by atoms with Crippen molar-refractivity contribution in [1.82, 2.24) is 10.2 Å². The first-order valence-corrected chi connectivity index (χ1v) is 5.83. The van der Waals surface area contributed by atoms with Gasteiger partial charge in [-0.05, 0) is 19.2 Å². The van der Waals surface area contributed by atoms with Crippen LogP contribution >= 0.6 is 0 Å². The van der Waals surface area contributed by atoms with Crippen molar-refractivity contribution >= 4 is 0 Å². The molecule has 98 valence electrons. The summed E-state index contributed by atoms with van der Waals surface area (Å²) in [6.07, 6.45) is 0.992. The molecule has 0 spiro atoms. The largest absolute Gasteiger partial charge is 0.467 e. The maximum atomic E-state index is 9.73. The van der Waals surface area contributed by atoms with Gasteiger partial charge in [0.25, 0.3) is 0 Å². The Morgan fingerprint density at radius 2 is 2.35 bits per heavy atom. The van der Waals surface area contributed by atoms with Crippen LogP contribution in [-0.4, -0.2) is 56.9 Å². The zero-order valence-corrected chi connectivity index (χ0v) is 10.6. The first kappa shape index (κ1) is 14.2. The number of nitrogens with one attached hydrogen (secondary N) is 1. The number of hydrogen-bond donors (Lipinski definition) is 2. The Morgan fingerprint density at radius 1 is 1.53 bits per heavy atom. The molecule has 0 aromatic carbocycles. The lowest BCUT2D eigenvalue weighted by molar-refractivity contribution is 0.142. The van der Waals surface area contributed by atoms with Crippen LogP contribution in [0.3, 0.4) is 0 Å². The highest BCUT2D eigenvalue weighted by Gasteiger charge is 2.09. The molecular weight excluding hydrogens is 220 g/mol. The summed E-state index contributed by atoms with van der Waals surface area (Å²) in [6, 6.07) is 3.55. The highest BCUT2D eigenvalue weighted by molar-refractivity contribution is 5.02. The van der Waals surface area contributed by atoms with Gasteiger partial charge in [-0.25, -0.2) is 0 Å². The molecule has 1 unspecified atom stereocenters. The molecule has 2 N–H and O–H groups in total. The highest BCUT2D eigenvalue weighted by Crippen LogP contribution is 2.11. The van der Waals surface area contributed by atoms with Gasteiger partial charge in [-0.2, -0.15) is 0 Å². The molecule has 17 heavy (non-hydrogen) atoms. The Bertz CT molecular complexity index is 277. The minimum absolute atomic E-state index is 0.506. The molecule has 0 saturated heterocycles. The molecule has 1 rings (SSSR count). The number of hydrogen-bond acceptors (Lipinski definition) is 5. The van der Waals surface area contributed by atoms with Gasteiger partial charge in [-0.15, -0.1) is 0 Å². The van der Waals surface area contributed by atoms with E-state index in [1.807, 2.05) is 7.05 Å². The normalized spacial score (nSPS) is 13.2. The maximum absolute atomic E-state index is 9.73. The van der Waals surface area contributed by atoms with E-state index in [-0.39, 0.29) is 0 Å². The Kier molecular flexibility index (Phi) is 6.88. The van der Waals surface area contributed by atoms with E-state index < -0.39 is 6.10 Å². The molecule has 5 nitrogen and oxygen atoms in total. The molecule has 5 heteroatoms. The van der Waals surface area contributed by atoms with E-state index in [1.54, 1.807) is 25.5 Å². The quantitative estimate of drug-likeness (QED) is 0.617. The zero-order chi connectivity index (χ0) is 12.5. The van der Waals surface area contributed by atoms with Gasteiger partial charge >= 0.3 is 0 Å². The molecule has 1 atom stereocenters. The predicted molar refractivity (Wildman–Crippen MR) is 65.9 cm³/mol. The van der Waals surface area contributed by atoms with E-state index in [2.05, 4.69) is 10.2 Å². The molecule has 0 saturated carbocycles. The van der Waals surface area contributed by atoms with Crippen molar-refractivity contribution in [1.29, 1.82) is 0 Å². The SMILES string of the molecule is COCCN(C)CCNCC(O)c1ccco1.